The Labute approximate surface area is 101 Å². The summed E-state index contributed by atoms with van der Waals surface area (Å²) >= 11 is 3.37. The van der Waals surface area contributed by atoms with Crippen molar-refractivity contribution in [1.29, 1.82) is 0 Å². The number of nitrogens with zero attached hydrogens (tertiary/aromatic N) is 2. The Morgan fingerprint density at radius 3 is 2.69 bits per heavy atom. The molecule has 0 amide bonds. The molecule has 0 unspecified atom stereocenters. The Balaban J connectivity index is 2.05. The lowest BCUT2D eigenvalue weighted by molar-refractivity contribution is 0.493. The van der Waals surface area contributed by atoms with Gasteiger partial charge < -0.3 is 15.1 Å². The van der Waals surface area contributed by atoms with E-state index in [1.54, 1.807) is 0 Å². The average Bonchev–Trinajstić information content (AvgIpc) is 2.70. The van der Waals surface area contributed by atoms with Crippen molar-refractivity contribution >= 4 is 27.6 Å². The van der Waals surface area contributed by atoms with Crippen LogP contribution in [0.1, 0.15) is 5.89 Å². The van der Waals surface area contributed by atoms with E-state index in [4.69, 9.17) is 4.42 Å². The van der Waals surface area contributed by atoms with Crippen LogP contribution in [0.3, 0.4) is 0 Å². The lowest BCUT2D eigenvalue weighted by Crippen LogP contribution is -2.04. The SMILES string of the molecule is CNCc1nnc(Nc2ccc(Br)cc2)o1. The van der Waals surface area contributed by atoms with Crippen molar-refractivity contribution in [3.05, 3.63) is 34.6 Å². The monoisotopic (exact) mass is 282 g/mol. The number of aromatic nitrogens is 2. The minimum atomic E-state index is 0.396. The van der Waals surface area contributed by atoms with Gasteiger partial charge in [0.2, 0.25) is 5.89 Å². The van der Waals surface area contributed by atoms with Crippen LogP contribution in [0.25, 0.3) is 0 Å². The topological polar surface area (TPSA) is 63.0 Å². The van der Waals surface area contributed by atoms with Crippen molar-refractivity contribution in [2.24, 2.45) is 0 Å². The molecule has 0 aliphatic heterocycles. The highest BCUT2D eigenvalue weighted by Gasteiger charge is 2.04. The zero-order valence-corrected chi connectivity index (χ0v) is 10.3. The molecule has 2 aromatic rings. The Kier molecular flexibility index (Phi) is 3.53. The molecule has 0 saturated carbocycles. The van der Waals surface area contributed by atoms with E-state index in [1.165, 1.54) is 0 Å². The van der Waals surface area contributed by atoms with Crippen LogP contribution in [0, 0.1) is 0 Å². The molecule has 1 aromatic heterocycles. The highest BCUT2D eigenvalue weighted by atomic mass is 79.9. The van der Waals surface area contributed by atoms with Gasteiger partial charge in [-0.1, -0.05) is 21.0 Å². The van der Waals surface area contributed by atoms with E-state index in [2.05, 4.69) is 36.8 Å². The van der Waals surface area contributed by atoms with Gasteiger partial charge in [-0.05, 0) is 31.3 Å². The molecule has 0 saturated heterocycles. The largest absolute Gasteiger partial charge is 0.406 e. The van der Waals surface area contributed by atoms with Crippen LogP contribution in [0.2, 0.25) is 0 Å². The first-order valence-electron chi connectivity index (χ1n) is 4.77. The first kappa shape index (κ1) is 11.1. The third-order valence-corrected chi connectivity index (χ3v) is 2.42. The third kappa shape index (κ3) is 2.80. The Morgan fingerprint density at radius 2 is 2.00 bits per heavy atom. The molecular formula is C10H11BrN4O. The van der Waals surface area contributed by atoms with Gasteiger partial charge >= 0.3 is 6.01 Å². The molecule has 0 aliphatic rings. The van der Waals surface area contributed by atoms with Gasteiger partial charge in [0.1, 0.15) is 0 Å². The van der Waals surface area contributed by atoms with Gasteiger partial charge in [0.05, 0.1) is 6.54 Å². The quantitative estimate of drug-likeness (QED) is 0.901. The number of nitrogens with one attached hydrogen (secondary N) is 2. The predicted molar refractivity (Wildman–Crippen MR) is 64.5 cm³/mol. The number of hydrogen-bond donors (Lipinski definition) is 2. The van der Waals surface area contributed by atoms with Crippen LogP contribution in [0.4, 0.5) is 11.7 Å². The van der Waals surface area contributed by atoms with Crippen molar-refractivity contribution in [1.82, 2.24) is 15.5 Å². The van der Waals surface area contributed by atoms with Crippen molar-refractivity contribution in [3.63, 3.8) is 0 Å². The van der Waals surface area contributed by atoms with Gasteiger partial charge in [0.15, 0.2) is 0 Å². The maximum Gasteiger partial charge on any atom is 0.320 e. The second kappa shape index (κ2) is 5.09. The first-order valence-corrected chi connectivity index (χ1v) is 5.57. The van der Waals surface area contributed by atoms with Crippen LogP contribution in [-0.4, -0.2) is 17.2 Å². The van der Waals surface area contributed by atoms with Crippen LogP contribution in [-0.2, 0) is 6.54 Å². The highest BCUT2D eigenvalue weighted by Crippen LogP contribution is 2.18. The van der Waals surface area contributed by atoms with Crippen LogP contribution >= 0.6 is 15.9 Å². The molecule has 0 bridgehead atoms. The lowest BCUT2D eigenvalue weighted by Gasteiger charge is -2.00. The summed E-state index contributed by atoms with van der Waals surface area (Å²) in [5.74, 6) is 0.558. The van der Waals surface area contributed by atoms with Gasteiger partial charge in [-0.15, -0.1) is 5.10 Å². The van der Waals surface area contributed by atoms with E-state index in [0.29, 0.717) is 18.5 Å². The van der Waals surface area contributed by atoms with Gasteiger partial charge in [0.25, 0.3) is 0 Å². The number of benzene rings is 1. The summed E-state index contributed by atoms with van der Waals surface area (Å²) in [6.07, 6.45) is 0. The molecular weight excluding hydrogens is 272 g/mol. The van der Waals surface area contributed by atoms with Gasteiger partial charge in [-0.25, -0.2) is 0 Å². The summed E-state index contributed by atoms with van der Waals surface area (Å²) in [5.41, 5.74) is 0.905. The number of anilines is 2. The molecule has 6 heteroatoms. The van der Waals surface area contributed by atoms with E-state index in [1.807, 2.05) is 31.3 Å². The van der Waals surface area contributed by atoms with E-state index in [9.17, 15) is 0 Å². The first-order chi connectivity index (χ1) is 7.78. The molecule has 0 spiro atoms. The van der Waals surface area contributed by atoms with Crippen molar-refractivity contribution in [2.45, 2.75) is 6.54 Å². The summed E-state index contributed by atoms with van der Waals surface area (Å²) in [4.78, 5) is 0. The van der Waals surface area contributed by atoms with Crippen LogP contribution in [0.15, 0.2) is 33.2 Å². The average molecular weight is 283 g/mol. The third-order valence-electron chi connectivity index (χ3n) is 1.89. The predicted octanol–water partition coefficient (Wildman–Crippen LogP) is 2.30. The molecule has 0 atom stereocenters. The van der Waals surface area contributed by atoms with E-state index in [0.717, 1.165) is 10.2 Å². The standard InChI is InChI=1S/C10H11BrN4O/c1-12-6-9-14-15-10(16-9)13-8-4-2-7(11)3-5-8/h2-5,12H,6H2,1H3,(H,13,15). The van der Waals surface area contributed by atoms with Crippen LogP contribution < -0.4 is 10.6 Å². The van der Waals surface area contributed by atoms with Crippen molar-refractivity contribution in [2.75, 3.05) is 12.4 Å². The Bertz CT molecular complexity index is 454. The summed E-state index contributed by atoms with van der Waals surface area (Å²) in [7, 11) is 1.83. The van der Waals surface area contributed by atoms with E-state index >= 15 is 0 Å². The summed E-state index contributed by atoms with van der Waals surface area (Å²) in [6.45, 7) is 0.565. The zero-order chi connectivity index (χ0) is 11.4. The molecule has 16 heavy (non-hydrogen) atoms. The van der Waals surface area contributed by atoms with Gasteiger partial charge in [0, 0.05) is 10.2 Å². The maximum atomic E-state index is 5.35. The molecule has 0 radical (unpaired) electrons. The van der Waals surface area contributed by atoms with Crippen molar-refractivity contribution < 1.29 is 4.42 Å². The van der Waals surface area contributed by atoms with Crippen LogP contribution in [0.5, 0.6) is 0 Å². The Hall–Kier alpha value is -1.40. The molecule has 84 valence electrons. The van der Waals surface area contributed by atoms with Crippen molar-refractivity contribution in [3.8, 4) is 0 Å². The lowest BCUT2D eigenvalue weighted by atomic mass is 10.3. The summed E-state index contributed by atoms with van der Waals surface area (Å²) < 4.78 is 6.38. The minimum absolute atomic E-state index is 0.396. The smallest absolute Gasteiger partial charge is 0.320 e. The fraction of sp³-hybridized carbons (Fsp3) is 0.200. The zero-order valence-electron chi connectivity index (χ0n) is 8.70. The number of halogens is 1. The Morgan fingerprint density at radius 1 is 1.25 bits per heavy atom. The molecule has 0 aliphatic carbocycles. The second-order valence-corrected chi connectivity index (χ2v) is 4.08. The second-order valence-electron chi connectivity index (χ2n) is 3.16. The van der Waals surface area contributed by atoms with Gasteiger partial charge in [-0.3, -0.25) is 0 Å². The van der Waals surface area contributed by atoms with Gasteiger partial charge in [-0.2, -0.15) is 0 Å². The van der Waals surface area contributed by atoms with E-state index < -0.39 is 0 Å². The minimum Gasteiger partial charge on any atom is -0.406 e. The molecule has 0 fully saturated rings. The molecule has 2 rings (SSSR count). The normalized spacial score (nSPS) is 10.4. The summed E-state index contributed by atoms with van der Waals surface area (Å²) in [6, 6.07) is 8.12. The molecule has 5 nitrogen and oxygen atoms in total. The van der Waals surface area contributed by atoms with E-state index in [-0.39, 0.29) is 0 Å². The highest BCUT2D eigenvalue weighted by molar-refractivity contribution is 9.10. The molecule has 1 aromatic carbocycles. The molecule has 2 N–H and O–H groups in total. The maximum absolute atomic E-state index is 5.35. The molecule has 1 heterocycles. The fourth-order valence-corrected chi connectivity index (χ4v) is 1.45. The summed E-state index contributed by atoms with van der Waals surface area (Å²) in [5, 5.41) is 13.7. The number of hydrogen-bond acceptors (Lipinski definition) is 5. The fourth-order valence-electron chi connectivity index (χ4n) is 1.18. The number of rotatable bonds is 4.